The van der Waals surface area contributed by atoms with Crippen molar-refractivity contribution in [1.82, 2.24) is 0 Å². The lowest BCUT2D eigenvalue weighted by Crippen LogP contribution is -2.26. The van der Waals surface area contributed by atoms with Crippen LogP contribution in [-0.4, -0.2) is 28.6 Å². The van der Waals surface area contributed by atoms with Crippen LogP contribution in [0.2, 0.25) is 0 Å². The number of hydrogen-bond acceptors (Lipinski definition) is 4. The summed E-state index contributed by atoms with van der Waals surface area (Å²) in [6.07, 6.45) is 5.35. The SMILES string of the molecule is CSC1CCCC1Nc1cc(F)c(C(=O)O)cc1N. The summed E-state index contributed by atoms with van der Waals surface area (Å²) in [5.41, 5.74) is 6.15. The zero-order valence-electron chi connectivity index (χ0n) is 10.6. The zero-order valence-corrected chi connectivity index (χ0v) is 11.5. The fourth-order valence-electron chi connectivity index (χ4n) is 2.45. The van der Waals surface area contributed by atoms with E-state index in [0.717, 1.165) is 19.3 Å². The zero-order chi connectivity index (χ0) is 14.0. The Kier molecular flexibility index (Phi) is 4.19. The third-order valence-electron chi connectivity index (χ3n) is 3.47. The van der Waals surface area contributed by atoms with Gasteiger partial charge < -0.3 is 16.2 Å². The number of benzene rings is 1. The number of carboxylic acid groups (broad SMARTS) is 1. The van der Waals surface area contributed by atoms with Crippen LogP contribution in [0.3, 0.4) is 0 Å². The molecule has 0 bridgehead atoms. The first-order chi connectivity index (χ1) is 9.02. The summed E-state index contributed by atoms with van der Waals surface area (Å²) >= 11 is 1.79. The molecule has 4 N–H and O–H groups in total. The van der Waals surface area contributed by atoms with Crippen LogP contribution < -0.4 is 11.1 Å². The van der Waals surface area contributed by atoms with E-state index in [-0.39, 0.29) is 11.7 Å². The minimum absolute atomic E-state index is 0.257. The van der Waals surface area contributed by atoms with Crippen molar-refractivity contribution in [2.45, 2.75) is 30.6 Å². The molecule has 1 aliphatic rings. The molecule has 0 heterocycles. The summed E-state index contributed by atoms with van der Waals surface area (Å²) in [7, 11) is 0. The molecule has 2 rings (SSSR count). The van der Waals surface area contributed by atoms with Crippen molar-refractivity contribution in [2.75, 3.05) is 17.3 Å². The van der Waals surface area contributed by atoms with Crippen molar-refractivity contribution in [3.63, 3.8) is 0 Å². The highest BCUT2D eigenvalue weighted by Gasteiger charge is 2.27. The number of hydrogen-bond donors (Lipinski definition) is 3. The van der Waals surface area contributed by atoms with Gasteiger partial charge in [0, 0.05) is 11.3 Å². The largest absolute Gasteiger partial charge is 0.478 e. The van der Waals surface area contributed by atoms with Crippen LogP contribution in [0.25, 0.3) is 0 Å². The lowest BCUT2D eigenvalue weighted by molar-refractivity contribution is 0.0692. The lowest BCUT2D eigenvalue weighted by atomic mass is 10.1. The summed E-state index contributed by atoms with van der Waals surface area (Å²) < 4.78 is 13.7. The first kappa shape index (κ1) is 14.0. The van der Waals surface area contributed by atoms with Gasteiger partial charge in [-0.3, -0.25) is 0 Å². The van der Waals surface area contributed by atoms with Gasteiger partial charge in [0.2, 0.25) is 0 Å². The Labute approximate surface area is 115 Å². The highest BCUT2D eigenvalue weighted by atomic mass is 32.2. The van der Waals surface area contributed by atoms with Crippen LogP contribution in [0.5, 0.6) is 0 Å². The van der Waals surface area contributed by atoms with E-state index in [0.29, 0.717) is 10.9 Å². The highest BCUT2D eigenvalue weighted by Crippen LogP contribution is 2.33. The number of nitrogens with two attached hydrogens (primary N) is 1. The first-order valence-corrected chi connectivity index (χ1v) is 7.43. The van der Waals surface area contributed by atoms with Gasteiger partial charge in [-0.05, 0) is 31.2 Å². The average molecular weight is 284 g/mol. The van der Waals surface area contributed by atoms with E-state index in [1.165, 1.54) is 12.1 Å². The van der Waals surface area contributed by atoms with Crippen molar-refractivity contribution < 1.29 is 14.3 Å². The number of thioether (sulfide) groups is 1. The molecule has 4 nitrogen and oxygen atoms in total. The summed E-state index contributed by atoms with van der Waals surface area (Å²) in [4.78, 5) is 10.8. The van der Waals surface area contributed by atoms with E-state index in [9.17, 15) is 9.18 Å². The topological polar surface area (TPSA) is 75.3 Å². The van der Waals surface area contributed by atoms with E-state index in [1.54, 1.807) is 11.8 Å². The molecule has 0 aliphatic heterocycles. The summed E-state index contributed by atoms with van der Waals surface area (Å²) in [6.45, 7) is 0. The van der Waals surface area contributed by atoms with Gasteiger partial charge in [-0.25, -0.2) is 9.18 Å². The number of halogens is 1. The standard InChI is InChI=1S/C13H17FN2O2S/c1-19-12-4-2-3-10(12)16-11-6-8(14)7(13(17)18)5-9(11)15/h5-6,10,12,16H,2-4,15H2,1H3,(H,17,18). The monoisotopic (exact) mass is 284 g/mol. The van der Waals surface area contributed by atoms with Crippen molar-refractivity contribution in [3.05, 3.63) is 23.5 Å². The maximum Gasteiger partial charge on any atom is 0.338 e. The Morgan fingerprint density at radius 3 is 2.89 bits per heavy atom. The molecular weight excluding hydrogens is 267 g/mol. The van der Waals surface area contributed by atoms with Gasteiger partial charge in [0.1, 0.15) is 5.82 Å². The van der Waals surface area contributed by atoms with Gasteiger partial charge in [-0.15, -0.1) is 0 Å². The smallest absolute Gasteiger partial charge is 0.338 e. The first-order valence-electron chi connectivity index (χ1n) is 6.14. The van der Waals surface area contributed by atoms with E-state index >= 15 is 0 Å². The molecule has 19 heavy (non-hydrogen) atoms. The minimum atomic E-state index is -1.31. The van der Waals surface area contributed by atoms with Crippen LogP contribution in [0, 0.1) is 5.82 Å². The van der Waals surface area contributed by atoms with Crippen molar-refractivity contribution in [3.8, 4) is 0 Å². The molecule has 6 heteroatoms. The maximum absolute atomic E-state index is 13.7. The van der Waals surface area contributed by atoms with Crippen molar-refractivity contribution >= 4 is 29.1 Å². The molecule has 0 saturated heterocycles. The Hall–Kier alpha value is -1.43. The minimum Gasteiger partial charge on any atom is -0.478 e. The van der Waals surface area contributed by atoms with Crippen LogP contribution in [0.15, 0.2) is 12.1 Å². The molecule has 0 aromatic heterocycles. The van der Waals surface area contributed by atoms with Crippen molar-refractivity contribution in [2.24, 2.45) is 0 Å². The van der Waals surface area contributed by atoms with Crippen molar-refractivity contribution in [1.29, 1.82) is 0 Å². The molecular formula is C13H17FN2O2S. The molecule has 1 aliphatic carbocycles. The Morgan fingerprint density at radius 1 is 1.53 bits per heavy atom. The fourth-order valence-corrected chi connectivity index (χ4v) is 3.39. The third-order valence-corrected chi connectivity index (χ3v) is 4.64. The van der Waals surface area contributed by atoms with Gasteiger partial charge in [-0.2, -0.15) is 11.8 Å². The molecule has 2 unspecified atom stereocenters. The van der Waals surface area contributed by atoms with Gasteiger partial charge in [0.05, 0.1) is 16.9 Å². The number of carboxylic acids is 1. The van der Waals surface area contributed by atoms with E-state index in [2.05, 4.69) is 11.6 Å². The lowest BCUT2D eigenvalue weighted by Gasteiger charge is -2.21. The van der Waals surface area contributed by atoms with Gasteiger partial charge >= 0.3 is 5.97 Å². The molecule has 1 fully saturated rings. The number of aromatic carboxylic acids is 1. The Morgan fingerprint density at radius 2 is 2.26 bits per heavy atom. The van der Waals surface area contributed by atoms with Gasteiger partial charge in [0.15, 0.2) is 0 Å². The maximum atomic E-state index is 13.7. The van der Waals surface area contributed by atoms with Crippen LogP contribution in [-0.2, 0) is 0 Å². The average Bonchev–Trinajstić information content (AvgIpc) is 2.80. The predicted octanol–water partition coefficient (Wildman–Crippen LogP) is 2.80. The number of rotatable bonds is 4. The van der Waals surface area contributed by atoms with Gasteiger partial charge in [0.25, 0.3) is 0 Å². The fraction of sp³-hybridized carbons (Fsp3) is 0.462. The molecule has 0 radical (unpaired) electrons. The second kappa shape index (κ2) is 5.69. The third kappa shape index (κ3) is 2.94. The molecule has 104 valence electrons. The summed E-state index contributed by atoms with van der Waals surface area (Å²) in [5, 5.41) is 12.6. The molecule has 0 spiro atoms. The summed E-state index contributed by atoms with van der Waals surface area (Å²) in [5.74, 6) is -2.07. The number of nitrogen functional groups attached to an aromatic ring is 1. The van der Waals surface area contributed by atoms with Crippen LogP contribution in [0.4, 0.5) is 15.8 Å². The molecule has 0 amide bonds. The van der Waals surface area contributed by atoms with Crippen LogP contribution in [0.1, 0.15) is 29.6 Å². The normalized spacial score (nSPS) is 22.4. The number of anilines is 2. The molecule has 1 aromatic rings. The Balaban J connectivity index is 2.21. The number of nitrogens with one attached hydrogen (secondary N) is 1. The van der Waals surface area contributed by atoms with E-state index in [4.69, 9.17) is 10.8 Å². The van der Waals surface area contributed by atoms with E-state index < -0.39 is 17.3 Å². The predicted molar refractivity (Wildman–Crippen MR) is 76.3 cm³/mol. The second-order valence-corrected chi connectivity index (χ2v) is 5.76. The highest BCUT2D eigenvalue weighted by molar-refractivity contribution is 7.99. The molecule has 1 aromatic carbocycles. The quantitative estimate of drug-likeness (QED) is 0.741. The van der Waals surface area contributed by atoms with Gasteiger partial charge in [-0.1, -0.05) is 6.42 Å². The molecule has 1 saturated carbocycles. The summed E-state index contributed by atoms with van der Waals surface area (Å²) in [6, 6.07) is 2.60. The van der Waals surface area contributed by atoms with E-state index in [1.807, 2.05) is 0 Å². The Bertz CT molecular complexity index is 496. The molecule has 2 atom stereocenters. The number of carbonyl (C=O) groups is 1. The second-order valence-electron chi connectivity index (χ2n) is 4.68. The van der Waals surface area contributed by atoms with Crippen LogP contribution >= 0.6 is 11.8 Å².